The van der Waals surface area contributed by atoms with Crippen LogP contribution in [0.25, 0.3) is 0 Å². The summed E-state index contributed by atoms with van der Waals surface area (Å²) >= 11 is 3.05. The Morgan fingerprint density at radius 1 is 1.42 bits per heavy atom. The molecule has 1 aliphatic rings. The highest BCUT2D eigenvalue weighted by atomic mass is 79.9. The molecule has 0 atom stereocenters. The number of aryl methyl sites for hydroxylation is 2. The van der Waals surface area contributed by atoms with Gasteiger partial charge in [0.25, 0.3) is 0 Å². The summed E-state index contributed by atoms with van der Waals surface area (Å²) in [5.41, 5.74) is 0.496. The van der Waals surface area contributed by atoms with Crippen molar-refractivity contribution in [3.8, 4) is 0 Å². The molecule has 2 aromatic rings. The molecule has 0 N–H and O–H groups in total. The van der Waals surface area contributed by atoms with Gasteiger partial charge in [0.15, 0.2) is 5.69 Å². The molecular formula is C16H19BrF3N5O. The van der Waals surface area contributed by atoms with Gasteiger partial charge in [0.05, 0.1) is 29.0 Å². The first kappa shape index (κ1) is 18.9. The maximum atomic E-state index is 13.1. The molecule has 3 rings (SSSR count). The van der Waals surface area contributed by atoms with Gasteiger partial charge in [-0.2, -0.15) is 23.4 Å². The molecule has 1 fully saturated rings. The van der Waals surface area contributed by atoms with Crippen LogP contribution in [0.2, 0.25) is 0 Å². The molecule has 0 bridgehead atoms. The lowest BCUT2D eigenvalue weighted by Crippen LogP contribution is -2.28. The van der Waals surface area contributed by atoms with Gasteiger partial charge < -0.3 is 4.90 Å². The molecule has 2 heterocycles. The molecule has 0 spiro atoms. The molecule has 0 aliphatic heterocycles. The van der Waals surface area contributed by atoms with Crippen molar-refractivity contribution in [1.29, 1.82) is 0 Å². The highest BCUT2D eigenvalue weighted by molar-refractivity contribution is 9.10. The number of aromatic nitrogens is 4. The van der Waals surface area contributed by atoms with Crippen LogP contribution >= 0.6 is 15.9 Å². The van der Waals surface area contributed by atoms with Crippen LogP contribution in [0.3, 0.4) is 0 Å². The SMILES string of the molecule is CN(Cc1ccnn1C)C(=O)CCn1nc(C(F)(F)F)c(Br)c1C1CC1. The Hall–Kier alpha value is -1.84. The number of amides is 1. The minimum absolute atomic E-state index is 0.00295. The minimum atomic E-state index is -4.52. The van der Waals surface area contributed by atoms with Crippen molar-refractivity contribution in [2.24, 2.45) is 7.05 Å². The van der Waals surface area contributed by atoms with Crippen molar-refractivity contribution >= 4 is 21.8 Å². The maximum absolute atomic E-state index is 13.1. The van der Waals surface area contributed by atoms with Gasteiger partial charge in [-0.1, -0.05) is 0 Å². The lowest BCUT2D eigenvalue weighted by atomic mass is 10.2. The van der Waals surface area contributed by atoms with Crippen LogP contribution in [0.1, 0.15) is 42.3 Å². The second-order valence-electron chi connectivity index (χ2n) is 6.49. The highest BCUT2D eigenvalue weighted by Gasteiger charge is 2.41. The highest BCUT2D eigenvalue weighted by Crippen LogP contribution is 2.47. The molecule has 1 aliphatic carbocycles. The predicted octanol–water partition coefficient (Wildman–Crippen LogP) is 3.32. The Morgan fingerprint density at radius 2 is 2.12 bits per heavy atom. The third-order valence-corrected chi connectivity index (χ3v) is 5.23. The Morgan fingerprint density at radius 3 is 2.65 bits per heavy atom. The number of rotatable bonds is 6. The molecule has 0 unspecified atom stereocenters. The molecule has 26 heavy (non-hydrogen) atoms. The number of halogens is 4. The molecular weight excluding hydrogens is 415 g/mol. The summed E-state index contributed by atoms with van der Waals surface area (Å²) in [5.74, 6) is -0.0802. The van der Waals surface area contributed by atoms with Crippen molar-refractivity contribution in [3.63, 3.8) is 0 Å². The number of hydrogen-bond donors (Lipinski definition) is 0. The van der Waals surface area contributed by atoms with Crippen LogP contribution in [0.5, 0.6) is 0 Å². The number of hydrogen-bond acceptors (Lipinski definition) is 3. The molecule has 6 nitrogen and oxygen atoms in total. The van der Waals surface area contributed by atoms with Crippen molar-refractivity contribution in [3.05, 3.63) is 33.8 Å². The van der Waals surface area contributed by atoms with Crippen molar-refractivity contribution in [1.82, 2.24) is 24.5 Å². The predicted molar refractivity (Wildman–Crippen MR) is 91.2 cm³/mol. The summed E-state index contributed by atoms with van der Waals surface area (Å²) in [6, 6.07) is 1.81. The smallest absolute Gasteiger partial charge is 0.340 e. The van der Waals surface area contributed by atoms with E-state index in [-0.39, 0.29) is 29.3 Å². The van der Waals surface area contributed by atoms with Gasteiger partial charge in [0, 0.05) is 32.6 Å². The van der Waals surface area contributed by atoms with Gasteiger partial charge in [-0.3, -0.25) is 14.2 Å². The van der Waals surface area contributed by atoms with Crippen LogP contribution < -0.4 is 0 Å². The van der Waals surface area contributed by atoms with Crippen LogP contribution in [0.4, 0.5) is 13.2 Å². The van der Waals surface area contributed by atoms with Crippen LogP contribution in [-0.4, -0.2) is 37.4 Å². The van der Waals surface area contributed by atoms with E-state index in [1.807, 2.05) is 6.07 Å². The van der Waals surface area contributed by atoms with Crippen molar-refractivity contribution in [2.75, 3.05) is 7.05 Å². The standard InChI is InChI=1S/C16H19BrF3N5O/c1-23(9-11-5-7-21-24(11)2)12(26)6-8-25-14(10-3-4-10)13(17)15(22-25)16(18,19)20/h5,7,10H,3-4,6,8-9H2,1-2H3. The normalized spacial score (nSPS) is 14.7. The Bertz CT molecular complexity index is 809. The zero-order chi connectivity index (χ0) is 19.1. The first-order chi connectivity index (χ1) is 12.2. The third-order valence-electron chi connectivity index (χ3n) is 4.45. The lowest BCUT2D eigenvalue weighted by Gasteiger charge is -2.17. The molecule has 2 aromatic heterocycles. The fraction of sp³-hybridized carbons (Fsp3) is 0.562. The number of carbonyl (C=O) groups is 1. The summed E-state index contributed by atoms with van der Waals surface area (Å²) in [5, 5.41) is 7.77. The first-order valence-corrected chi connectivity index (χ1v) is 9.02. The topological polar surface area (TPSA) is 56.0 Å². The van der Waals surface area contributed by atoms with Gasteiger partial charge in [-0.15, -0.1) is 0 Å². The second kappa shape index (κ2) is 7.05. The maximum Gasteiger partial charge on any atom is 0.436 e. The van der Waals surface area contributed by atoms with E-state index < -0.39 is 11.9 Å². The molecule has 10 heteroatoms. The summed E-state index contributed by atoms with van der Waals surface area (Å²) in [7, 11) is 3.45. The van der Waals surface area contributed by atoms with E-state index in [0.29, 0.717) is 12.2 Å². The van der Waals surface area contributed by atoms with Gasteiger partial charge >= 0.3 is 6.18 Å². The van der Waals surface area contributed by atoms with Gasteiger partial charge in [0.1, 0.15) is 0 Å². The van der Waals surface area contributed by atoms with Crippen molar-refractivity contribution in [2.45, 2.75) is 44.4 Å². The van der Waals surface area contributed by atoms with Gasteiger partial charge in [-0.05, 0) is 34.8 Å². The van der Waals surface area contributed by atoms with Crippen molar-refractivity contribution < 1.29 is 18.0 Å². The van der Waals surface area contributed by atoms with Gasteiger partial charge in [0.2, 0.25) is 5.91 Å². The quantitative estimate of drug-likeness (QED) is 0.701. The molecule has 1 saturated carbocycles. The van der Waals surface area contributed by atoms with Crippen LogP contribution in [0, 0.1) is 0 Å². The Labute approximate surface area is 157 Å². The first-order valence-electron chi connectivity index (χ1n) is 8.22. The monoisotopic (exact) mass is 433 g/mol. The average molecular weight is 434 g/mol. The summed E-state index contributed by atoms with van der Waals surface area (Å²) in [6.45, 7) is 0.510. The molecule has 0 saturated heterocycles. The van der Waals surface area contributed by atoms with E-state index in [4.69, 9.17) is 0 Å². The van der Waals surface area contributed by atoms with Crippen LogP contribution in [0.15, 0.2) is 16.7 Å². The Balaban J connectivity index is 1.69. The lowest BCUT2D eigenvalue weighted by molar-refractivity contribution is -0.142. The van der Waals surface area contributed by atoms with E-state index in [1.54, 1.807) is 25.0 Å². The second-order valence-corrected chi connectivity index (χ2v) is 7.28. The zero-order valence-electron chi connectivity index (χ0n) is 14.4. The molecule has 142 valence electrons. The Kier molecular flexibility index (Phi) is 5.14. The van der Waals surface area contributed by atoms with E-state index in [0.717, 1.165) is 18.5 Å². The molecule has 0 radical (unpaired) electrons. The number of carbonyl (C=O) groups excluding carboxylic acids is 1. The average Bonchev–Trinajstić information content (AvgIpc) is 3.22. The zero-order valence-corrected chi connectivity index (χ0v) is 16.0. The third kappa shape index (κ3) is 3.94. The van der Waals surface area contributed by atoms with E-state index in [9.17, 15) is 18.0 Å². The summed E-state index contributed by atoms with van der Waals surface area (Å²) < 4.78 is 42.4. The summed E-state index contributed by atoms with van der Waals surface area (Å²) in [6.07, 6.45) is -1.10. The summed E-state index contributed by atoms with van der Waals surface area (Å²) in [4.78, 5) is 13.9. The van der Waals surface area contributed by atoms with E-state index in [1.165, 1.54) is 9.58 Å². The minimum Gasteiger partial charge on any atom is -0.340 e. The fourth-order valence-corrected chi connectivity index (χ4v) is 3.66. The van der Waals surface area contributed by atoms with E-state index in [2.05, 4.69) is 26.1 Å². The number of alkyl halides is 3. The molecule has 1 amide bonds. The number of nitrogens with zero attached hydrogens (tertiary/aromatic N) is 5. The molecule has 0 aromatic carbocycles. The fourth-order valence-electron chi connectivity index (χ4n) is 2.83. The van der Waals surface area contributed by atoms with Crippen LogP contribution in [-0.2, 0) is 31.1 Å². The van der Waals surface area contributed by atoms with E-state index >= 15 is 0 Å². The van der Waals surface area contributed by atoms with Gasteiger partial charge in [-0.25, -0.2) is 0 Å². The largest absolute Gasteiger partial charge is 0.436 e.